The Hall–Kier alpha value is -0.730. The number of benzene rings is 1. The molecule has 2 N–H and O–H groups in total. The largest absolute Gasteiger partial charge is 0.497 e. The first kappa shape index (κ1) is 10.8. The zero-order valence-electron chi connectivity index (χ0n) is 8.92. The molecule has 0 bridgehead atoms. The van der Waals surface area contributed by atoms with Crippen LogP contribution in [0.3, 0.4) is 0 Å². The Bertz CT molecular complexity index is 359. The molecule has 0 saturated heterocycles. The summed E-state index contributed by atoms with van der Waals surface area (Å²) in [6, 6.07) is 5.75. The Morgan fingerprint density at radius 3 is 2.53 bits per heavy atom. The molecule has 0 amide bonds. The first-order valence-electron chi connectivity index (χ1n) is 5.29. The van der Waals surface area contributed by atoms with Crippen molar-refractivity contribution in [2.75, 3.05) is 7.11 Å². The van der Waals surface area contributed by atoms with E-state index in [1.54, 1.807) is 7.11 Å². The third kappa shape index (κ3) is 1.97. The molecule has 1 fully saturated rings. The summed E-state index contributed by atoms with van der Waals surface area (Å²) in [6.07, 6.45) is 4.44. The third-order valence-corrected chi connectivity index (χ3v) is 3.52. The van der Waals surface area contributed by atoms with Crippen LogP contribution in [0.1, 0.15) is 31.2 Å². The highest BCUT2D eigenvalue weighted by atomic mass is 35.5. The summed E-state index contributed by atoms with van der Waals surface area (Å²) in [5.74, 6) is 0.783. The van der Waals surface area contributed by atoms with Crippen molar-refractivity contribution in [3.8, 4) is 5.75 Å². The van der Waals surface area contributed by atoms with Gasteiger partial charge in [-0.15, -0.1) is 0 Å². The lowest BCUT2D eigenvalue weighted by molar-refractivity contribution is 0.413. The van der Waals surface area contributed by atoms with Gasteiger partial charge in [-0.3, -0.25) is 0 Å². The van der Waals surface area contributed by atoms with E-state index in [-0.39, 0.29) is 5.54 Å². The van der Waals surface area contributed by atoms with E-state index >= 15 is 0 Å². The summed E-state index contributed by atoms with van der Waals surface area (Å²) in [5, 5.41) is 0.721. The summed E-state index contributed by atoms with van der Waals surface area (Å²) in [6.45, 7) is 0. The predicted octanol–water partition coefficient (Wildman–Crippen LogP) is 3.08. The van der Waals surface area contributed by atoms with Gasteiger partial charge in [0.15, 0.2) is 0 Å². The minimum atomic E-state index is -0.219. The van der Waals surface area contributed by atoms with E-state index in [4.69, 9.17) is 22.1 Å². The number of halogens is 1. The highest BCUT2D eigenvalue weighted by Gasteiger charge is 2.32. The molecule has 0 aliphatic heterocycles. The van der Waals surface area contributed by atoms with Crippen LogP contribution in [0.25, 0.3) is 0 Å². The van der Waals surface area contributed by atoms with Gasteiger partial charge in [0.25, 0.3) is 0 Å². The number of nitrogens with two attached hydrogens (primary N) is 1. The van der Waals surface area contributed by atoms with Gasteiger partial charge in [0, 0.05) is 10.6 Å². The molecule has 0 unspecified atom stereocenters. The molecule has 1 aromatic carbocycles. The molecule has 1 aromatic rings. The average Bonchev–Trinajstić information content (AvgIpc) is 2.65. The lowest BCUT2D eigenvalue weighted by Crippen LogP contribution is -2.33. The number of ether oxygens (including phenoxy) is 1. The molecule has 2 rings (SSSR count). The van der Waals surface area contributed by atoms with Gasteiger partial charge in [0.1, 0.15) is 5.75 Å². The van der Waals surface area contributed by atoms with Crippen molar-refractivity contribution in [1.82, 2.24) is 0 Å². The van der Waals surface area contributed by atoms with Crippen molar-refractivity contribution in [2.24, 2.45) is 5.73 Å². The SMILES string of the molecule is COc1ccc(C2(N)CCCC2)c(Cl)c1. The fourth-order valence-electron chi connectivity index (χ4n) is 2.30. The van der Waals surface area contributed by atoms with Crippen molar-refractivity contribution in [3.63, 3.8) is 0 Å². The van der Waals surface area contributed by atoms with Gasteiger partial charge in [0.05, 0.1) is 7.11 Å². The molecular formula is C12H16ClNO. The van der Waals surface area contributed by atoms with E-state index in [0.717, 1.165) is 29.2 Å². The molecule has 1 aliphatic rings. The van der Waals surface area contributed by atoms with Crippen molar-refractivity contribution >= 4 is 11.6 Å². The van der Waals surface area contributed by atoms with Crippen LogP contribution in [0.2, 0.25) is 5.02 Å². The number of rotatable bonds is 2. The van der Waals surface area contributed by atoms with Crippen LogP contribution in [-0.4, -0.2) is 7.11 Å². The molecule has 0 spiro atoms. The van der Waals surface area contributed by atoms with E-state index in [1.165, 1.54) is 12.8 Å². The lowest BCUT2D eigenvalue weighted by Gasteiger charge is -2.25. The molecule has 1 aliphatic carbocycles. The van der Waals surface area contributed by atoms with Gasteiger partial charge >= 0.3 is 0 Å². The van der Waals surface area contributed by atoms with Crippen LogP contribution < -0.4 is 10.5 Å². The number of hydrogen-bond donors (Lipinski definition) is 1. The quantitative estimate of drug-likeness (QED) is 0.840. The summed E-state index contributed by atoms with van der Waals surface area (Å²) in [4.78, 5) is 0. The van der Waals surface area contributed by atoms with Crippen molar-refractivity contribution in [1.29, 1.82) is 0 Å². The van der Waals surface area contributed by atoms with Crippen LogP contribution in [0.5, 0.6) is 5.75 Å². The van der Waals surface area contributed by atoms with E-state index in [2.05, 4.69) is 0 Å². The smallest absolute Gasteiger partial charge is 0.120 e. The summed E-state index contributed by atoms with van der Waals surface area (Å²) < 4.78 is 5.12. The molecule has 0 radical (unpaired) electrons. The Balaban J connectivity index is 2.36. The topological polar surface area (TPSA) is 35.2 Å². The maximum absolute atomic E-state index is 6.35. The van der Waals surface area contributed by atoms with Gasteiger partial charge in [-0.05, 0) is 30.5 Å². The number of methoxy groups -OCH3 is 1. The van der Waals surface area contributed by atoms with Crippen LogP contribution in [0, 0.1) is 0 Å². The molecule has 0 heterocycles. The van der Waals surface area contributed by atoms with E-state index in [9.17, 15) is 0 Å². The highest BCUT2D eigenvalue weighted by Crippen LogP contribution is 2.40. The Morgan fingerprint density at radius 2 is 2.00 bits per heavy atom. The average molecular weight is 226 g/mol. The summed E-state index contributed by atoms with van der Waals surface area (Å²) in [7, 11) is 1.64. The fourth-order valence-corrected chi connectivity index (χ4v) is 2.66. The first-order valence-corrected chi connectivity index (χ1v) is 5.66. The molecule has 2 nitrogen and oxygen atoms in total. The minimum absolute atomic E-state index is 0.219. The van der Waals surface area contributed by atoms with Gasteiger partial charge < -0.3 is 10.5 Å². The molecular weight excluding hydrogens is 210 g/mol. The van der Waals surface area contributed by atoms with Gasteiger partial charge in [-0.1, -0.05) is 30.5 Å². The van der Waals surface area contributed by atoms with Gasteiger partial charge in [0.2, 0.25) is 0 Å². The maximum atomic E-state index is 6.35. The molecule has 0 atom stereocenters. The zero-order chi connectivity index (χ0) is 10.9. The van der Waals surface area contributed by atoms with Crippen molar-refractivity contribution < 1.29 is 4.74 Å². The second kappa shape index (κ2) is 4.03. The number of hydrogen-bond acceptors (Lipinski definition) is 2. The standard InChI is InChI=1S/C12H16ClNO/c1-15-9-4-5-10(11(13)8-9)12(14)6-2-3-7-12/h4-5,8H,2-3,6-7,14H2,1H3. The monoisotopic (exact) mass is 225 g/mol. The van der Waals surface area contributed by atoms with Crippen LogP contribution >= 0.6 is 11.6 Å². The maximum Gasteiger partial charge on any atom is 0.120 e. The van der Waals surface area contributed by atoms with Crippen LogP contribution in [0.4, 0.5) is 0 Å². The first-order chi connectivity index (χ1) is 7.15. The Kier molecular flexibility index (Phi) is 2.89. The minimum Gasteiger partial charge on any atom is -0.497 e. The Morgan fingerprint density at radius 1 is 1.33 bits per heavy atom. The molecule has 0 aromatic heterocycles. The van der Waals surface area contributed by atoms with E-state index in [1.807, 2.05) is 18.2 Å². The second-order valence-electron chi connectivity index (χ2n) is 4.21. The lowest BCUT2D eigenvalue weighted by atomic mass is 9.89. The van der Waals surface area contributed by atoms with Gasteiger partial charge in [-0.2, -0.15) is 0 Å². The molecule has 15 heavy (non-hydrogen) atoms. The van der Waals surface area contributed by atoms with Crippen LogP contribution in [-0.2, 0) is 5.54 Å². The Labute approximate surface area is 95.4 Å². The molecule has 82 valence electrons. The summed E-state index contributed by atoms with van der Waals surface area (Å²) >= 11 is 6.22. The zero-order valence-corrected chi connectivity index (χ0v) is 9.68. The summed E-state index contributed by atoms with van der Waals surface area (Å²) in [5.41, 5.74) is 7.19. The van der Waals surface area contributed by atoms with Crippen LogP contribution in [0.15, 0.2) is 18.2 Å². The molecule has 1 saturated carbocycles. The van der Waals surface area contributed by atoms with E-state index in [0.29, 0.717) is 0 Å². The highest BCUT2D eigenvalue weighted by molar-refractivity contribution is 6.31. The van der Waals surface area contributed by atoms with Gasteiger partial charge in [-0.25, -0.2) is 0 Å². The normalized spacial score (nSPS) is 19.1. The predicted molar refractivity (Wildman–Crippen MR) is 62.3 cm³/mol. The second-order valence-corrected chi connectivity index (χ2v) is 4.62. The molecule has 3 heteroatoms. The van der Waals surface area contributed by atoms with E-state index < -0.39 is 0 Å². The fraction of sp³-hybridized carbons (Fsp3) is 0.500. The van der Waals surface area contributed by atoms with Crippen molar-refractivity contribution in [3.05, 3.63) is 28.8 Å². The van der Waals surface area contributed by atoms with Crippen molar-refractivity contribution in [2.45, 2.75) is 31.2 Å². The third-order valence-electron chi connectivity index (χ3n) is 3.21.